The molecule has 0 saturated heterocycles. The van der Waals surface area contributed by atoms with Crippen LogP contribution in [-0.4, -0.2) is 8.42 Å². The molecule has 0 saturated carbocycles. The Kier molecular flexibility index (Phi) is 4.73. The van der Waals surface area contributed by atoms with E-state index in [4.69, 9.17) is 32.9 Å². The summed E-state index contributed by atoms with van der Waals surface area (Å²) in [6.07, 6.45) is 3.99. The van der Waals surface area contributed by atoms with Crippen LogP contribution in [0.3, 0.4) is 0 Å². The van der Waals surface area contributed by atoms with Crippen molar-refractivity contribution in [1.29, 1.82) is 5.26 Å². The van der Waals surface area contributed by atoms with Crippen LogP contribution in [0.1, 0.15) is 11.1 Å². The molecule has 7 heteroatoms. The highest BCUT2D eigenvalue weighted by molar-refractivity contribution is 7.95. The largest absolute Gasteiger partial charge is 0.472 e. The van der Waals surface area contributed by atoms with Crippen LogP contribution >= 0.6 is 23.2 Å². The highest BCUT2D eigenvalue weighted by Gasteiger charge is 2.20. The third kappa shape index (κ3) is 3.88. The third-order valence-electron chi connectivity index (χ3n) is 2.65. The summed E-state index contributed by atoms with van der Waals surface area (Å²) in [5.41, 5.74) is 0.881. The van der Waals surface area contributed by atoms with Crippen molar-refractivity contribution in [1.82, 2.24) is 0 Å². The van der Waals surface area contributed by atoms with Crippen LogP contribution in [0.2, 0.25) is 10.0 Å². The van der Waals surface area contributed by atoms with E-state index in [-0.39, 0.29) is 15.7 Å². The van der Waals surface area contributed by atoms with E-state index in [9.17, 15) is 8.42 Å². The number of halogens is 2. The molecule has 4 nitrogen and oxygen atoms in total. The molecule has 0 radical (unpaired) electrons. The van der Waals surface area contributed by atoms with Crippen LogP contribution < -0.4 is 0 Å². The van der Waals surface area contributed by atoms with Crippen molar-refractivity contribution in [2.75, 3.05) is 0 Å². The molecule has 108 valence electrons. The van der Waals surface area contributed by atoms with Crippen molar-refractivity contribution in [2.24, 2.45) is 0 Å². The maximum Gasteiger partial charge on any atom is 0.192 e. The van der Waals surface area contributed by atoms with Gasteiger partial charge in [0.2, 0.25) is 0 Å². The first-order valence-corrected chi connectivity index (χ1v) is 8.14. The lowest BCUT2D eigenvalue weighted by Crippen LogP contribution is -2.06. The van der Waals surface area contributed by atoms with Gasteiger partial charge in [0.1, 0.15) is 11.0 Å². The van der Waals surface area contributed by atoms with Gasteiger partial charge >= 0.3 is 0 Å². The molecule has 0 bridgehead atoms. The lowest BCUT2D eigenvalue weighted by molar-refractivity contribution is 0.567. The van der Waals surface area contributed by atoms with E-state index in [0.717, 1.165) is 0 Å². The summed E-state index contributed by atoms with van der Waals surface area (Å²) in [6, 6.07) is 7.78. The zero-order valence-electron chi connectivity index (χ0n) is 10.6. The Labute approximate surface area is 132 Å². The van der Waals surface area contributed by atoms with E-state index in [1.165, 1.54) is 30.7 Å². The fraction of sp³-hybridized carbons (Fsp3) is 0.0714. The number of allylic oxidation sites excluding steroid dienone is 1. The normalized spacial score (nSPS) is 12.1. The smallest absolute Gasteiger partial charge is 0.192 e. The molecule has 0 atom stereocenters. The maximum absolute atomic E-state index is 12.3. The lowest BCUT2D eigenvalue weighted by atomic mass is 10.2. The molecular formula is C14H9Cl2NO3S. The molecule has 0 fully saturated rings. The molecule has 2 aromatic rings. The molecule has 0 aliphatic carbocycles. The zero-order chi connectivity index (χ0) is 15.5. The van der Waals surface area contributed by atoms with Crippen LogP contribution in [0.25, 0.3) is 6.08 Å². The summed E-state index contributed by atoms with van der Waals surface area (Å²) >= 11 is 11.7. The van der Waals surface area contributed by atoms with Gasteiger partial charge in [-0.25, -0.2) is 8.42 Å². The summed E-state index contributed by atoms with van der Waals surface area (Å²) in [6.45, 7) is 0. The second-order valence-electron chi connectivity index (χ2n) is 4.17. The Bertz CT molecular complexity index is 818. The minimum absolute atomic E-state index is 0.242. The molecule has 0 amide bonds. The van der Waals surface area contributed by atoms with Crippen LogP contribution in [0.5, 0.6) is 0 Å². The maximum atomic E-state index is 12.3. The topological polar surface area (TPSA) is 71.1 Å². The molecule has 0 aliphatic rings. The van der Waals surface area contributed by atoms with Crippen molar-refractivity contribution >= 4 is 39.1 Å². The number of hydrogen-bond acceptors (Lipinski definition) is 4. The third-order valence-corrected chi connectivity index (χ3v) is 4.80. The monoisotopic (exact) mass is 341 g/mol. The first-order chi connectivity index (χ1) is 9.92. The van der Waals surface area contributed by atoms with Crippen molar-refractivity contribution in [3.05, 3.63) is 62.9 Å². The Balaban J connectivity index is 2.35. The van der Waals surface area contributed by atoms with Crippen LogP contribution in [0.15, 0.2) is 46.1 Å². The molecule has 1 aromatic carbocycles. The predicted molar refractivity (Wildman–Crippen MR) is 81.4 cm³/mol. The number of hydrogen-bond donors (Lipinski definition) is 0. The molecule has 1 heterocycles. The SMILES string of the molecule is N#C/C(=C\c1ccoc1)S(=O)(=O)Cc1ccc(Cl)cc1Cl. The molecule has 1 aromatic heterocycles. The molecule has 21 heavy (non-hydrogen) atoms. The number of benzene rings is 1. The lowest BCUT2D eigenvalue weighted by Gasteiger charge is -2.05. The average Bonchev–Trinajstić information content (AvgIpc) is 2.92. The number of nitrogens with zero attached hydrogens (tertiary/aromatic N) is 1. The minimum Gasteiger partial charge on any atom is -0.472 e. The Morgan fingerprint density at radius 3 is 2.67 bits per heavy atom. The molecular weight excluding hydrogens is 333 g/mol. The number of rotatable bonds is 4. The Morgan fingerprint density at radius 1 is 1.33 bits per heavy atom. The summed E-state index contributed by atoms with van der Waals surface area (Å²) < 4.78 is 29.4. The van der Waals surface area contributed by atoms with Gasteiger partial charge in [-0.3, -0.25) is 0 Å². The van der Waals surface area contributed by atoms with Gasteiger partial charge in [0.15, 0.2) is 9.84 Å². The second-order valence-corrected chi connectivity index (χ2v) is 6.97. The standard InChI is InChI=1S/C14H9Cl2NO3S/c15-12-2-1-11(14(16)6-12)9-21(18,19)13(7-17)5-10-3-4-20-8-10/h1-6,8H,9H2/b13-5+. The van der Waals surface area contributed by atoms with Crippen molar-refractivity contribution in [3.63, 3.8) is 0 Å². The average molecular weight is 342 g/mol. The van der Waals surface area contributed by atoms with Gasteiger partial charge < -0.3 is 4.42 Å². The van der Waals surface area contributed by atoms with E-state index in [0.29, 0.717) is 16.1 Å². The first kappa shape index (κ1) is 15.6. The van der Waals surface area contributed by atoms with Crippen molar-refractivity contribution in [2.45, 2.75) is 5.75 Å². The van der Waals surface area contributed by atoms with E-state index in [1.807, 2.05) is 0 Å². The van der Waals surface area contributed by atoms with Gasteiger partial charge in [-0.1, -0.05) is 29.3 Å². The number of nitriles is 1. The van der Waals surface area contributed by atoms with Crippen LogP contribution in [0.4, 0.5) is 0 Å². The number of furan rings is 1. The fourth-order valence-electron chi connectivity index (χ4n) is 1.62. The molecule has 0 aliphatic heterocycles. The molecule has 2 rings (SSSR count). The summed E-state index contributed by atoms with van der Waals surface area (Å²) in [4.78, 5) is -0.352. The van der Waals surface area contributed by atoms with Gasteiger partial charge in [-0.2, -0.15) is 5.26 Å². The van der Waals surface area contributed by atoms with E-state index in [2.05, 4.69) is 0 Å². The second kappa shape index (κ2) is 6.35. The Morgan fingerprint density at radius 2 is 2.10 bits per heavy atom. The van der Waals surface area contributed by atoms with Crippen LogP contribution in [-0.2, 0) is 15.6 Å². The first-order valence-electron chi connectivity index (χ1n) is 5.73. The summed E-state index contributed by atoms with van der Waals surface area (Å²) in [5, 5.41) is 9.72. The van der Waals surface area contributed by atoms with Crippen molar-refractivity contribution in [3.8, 4) is 6.07 Å². The van der Waals surface area contributed by atoms with E-state index >= 15 is 0 Å². The van der Waals surface area contributed by atoms with Gasteiger partial charge in [0.25, 0.3) is 0 Å². The van der Waals surface area contributed by atoms with Crippen molar-refractivity contribution < 1.29 is 12.8 Å². The van der Waals surface area contributed by atoms with Gasteiger partial charge in [0.05, 0.1) is 18.3 Å². The summed E-state index contributed by atoms with van der Waals surface area (Å²) in [5.74, 6) is -0.375. The van der Waals surface area contributed by atoms with Gasteiger partial charge in [-0.15, -0.1) is 0 Å². The van der Waals surface area contributed by atoms with E-state index < -0.39 is 9.84 Å². The molecule has 0 unspecified atom stereocenters. The minimum atomic E-state index is -3.81. The number of sulfone groups is 1. The molecule has 0 N–H and O–H groups in total. The molecule has 0 spiro atoms. The quantitative estimate of drug-likeness (QED) is 0.786. The Hall–Kier alpha value is -1.74. The van der Waals surface area contributed by atoms with Gasteiger partial charge in [0, 0.05) is 15.6 Å². The van der Waals surface area contributed by atoms with E-state index in [1.54, 1.807) is 18.2 Å². The highest BCUT2D eigenvalue weighted by Crippen LogP contribution is 2.25. The zero-order valence-corrected chi connectivity index (χ0v) is 12.9. The predicted octanol–water partition coefficient (Wildman–Crippen LogP) is 4.07. The van der Waals surface area contributed by atoms with Crippen LogP contribution in [0, 0.1) is 11.3 Å². The summed E-state index contributed by atoms with van der Waals surface area (Å²) in [7, 11) is -3.81. The fourth-order valence-corrected chi connectivity index (χ4v) is 3.45. The highest BCUT2D eigenvalue weighted by atomic mass is 35.5. The van der Waals surface area contributed by atoms with Gasteiger partial charge in [-0.05, 0) is 29.8 Å².